The van der Waals surface area contributed by atoms with Gasteiger partial charge in [-0.25, -0.2) is 0 Å². The van der Waals surface area contributed by atoms with Crippen LogP contribution in [0.2, 0.25) is 5.02 Å². The van der Waals surface area contributed by atoms with Crippen LogP contribution in [-0.4, -0.2) is 31.9 Å². The summed E-state index contributed by atoms with van der Waals surface area (Å²) in [5.41, 5.74) is 1.67. The summed E-state index contributed by atoms with van der Waals surface area (Å²) in [6.07, 6.45) is 1.96. The van der Waals surface area contributed by atoms with Gasteiger partial charge in [0.05, 0.1) is 10.5 Å². The van der Waals surface area contributed by atoms with Gasteiger partial charge in [0, 0.05) is 29.1 Å². The summed E-state index contributed by atoms with van der Waals surface area (Å²) in [4.78, 5) is 27.1. The molecule has 0 aliphatic carbocycles. The second-order valence-corrected chi connectivity index (χ2v) is 8.80. The molecule has 0 unspecified atom stereocenters. The molecule has 0 fully saturated rings. The summed E-state index contributed by atoms with van der Waals surface area (Å²) < 4.78 is 5.78. The van der Waals surface area contributed by atoms with Gasteiger partial charge in [-0.2, -0.15) is 15.1 Å². The Balaban J connectivity index is 1.36. The van der Waals surface area contributed by atoms with Gasteiger partial charge in [-0.1, -0.05) is 23.7 Å². The van der Waals surface area contributed by atoms with E-state index in [9.17, 15) is 14.9 Å². The fourth-order valence-corrected chi connectivity index (χ4v) is 4.40. The maximum atomic E-state index is 12.6. The zero-order valence-electron chi connectivity index (χ0n) is 17.3. The lowest BCUT2D eigenvalue weighted by molar-refractivity contribution is -0.384. The third kappa shape index (κ3) is 4.28. The van der Waals surface area contributed by atoms with E-state index in [0.717, 1.165) is 5.56 Å². The van der Waals surface area contributed by atoms with Crippen LogP contribution in [-0.2, 0) is 11.2 Å². The van der Waals surface area contributed by atoms with Crippen LogP contribution < -0.4 is 0 Å². The molecule has 0 saturated carbocycles. The standard InChI is InChI=1S/C23H14ClN5O4S/c24-15-5-1-13(2-6-15)11-20-27-28-21(25)18(22(30)26-23(28)34-20)12-17-9-10-19(33-17)14-3-7-16(8-4-14)29(31)32/h1-10,12,25H,11H2. The normalized spacial score (nSPS) is 16.5. The lowest BCUT2D eigenvalue weighted by Gasteiger charge is -2.19. The van der Waals surface area contributed by atoms with Crippen LogP contribution in [0.15, 0.2) is 80.7 Å². The van der Waals surface area contributed by atoms with Crippen molar-refractivity contribution in [3.8, 4) is 11.3 Å². The lowest BCUT2D eigenvalue weighted by Crippen LogP contribution is -2.35. The predicted octanol–water partition coefficient (Wildman–Crippen LogP) is 5.37. The van der Waals surface area contributed by atoms with Crippen molar-refractivity contribution < 1.29 is 14.1 Å². The molecular weight excluding hydrogens is 478 g/mol. The van der Waals surface area contributed by atoms with Crippen molar-refractivity contribution in [2.75, 3.05) is 0 Å². The minimum absolute atomic E-state index is 0.0213. The topological polar surface area (TPSA) is 125 Å². The molecule has 2 aliphatic heterocycles. The number of hydrazone groups is 1. The first-order chi connectivity index (χ1) is 16.4. The second kappa shape index (κ2) is 8.73. The maximum Gasteiger partial charge on any atom is 0.283 e. The zero-order chi connectivity index (χ0) is 23.8. The predicted molar refractivity (Wildman–Crippen MR) is 131 cm³/mol. The fraction of sp³-hybridized carbons (Fsp3) is 0.0435. The lowest BCUT2D eigenvalue weighted by atomic mass is 10.1. The van der Waals surface area contributed by atoms with Crippen molar-refractivity contribution in [2.45, 2.75) is 6.42 Å². The number of amides is 1. The average Bonchev–Trinajstić information content (AvgIpc) is 3.45. The molecule has 5 rings (SSSR count). The highest BCUT2D eigenvalue weighted by Crippen LogP contribution is 2.31. The highest BCUT2D eigenvalue weighted by molar-refractivity contribution is 8.26. The number of furan rings is 1. The number of non-ortho nitro benzene ring substituents is 1. The summed E-state index contributed by atoms with van der Waals surface area (Å²) in [6, 6.07) is 16.6. The van der Waals surface area contributed by atoms with Gasteiger partial charge in [0.2, 0.25) is 5.17 Å². The fourth-order valence-electron chi connectivity index (χ4n) is 3.36. The van der Waals surface area contributed by atoms with E-state index in [2.05, 4.69) is 10.1 Å². The average molecular weight is 492 g/mol. The van der Waals surface area contributed by atoms with Gasteiger partial charge in [0.25, 0.3) is 11.6 Å². The first kappa shape index (κ1) is 21.8. The molecule has 9 nitrogen and oxygen atoms in total. The van der Waals surface area contributed by atoms with Crippen molar-refractivity contribution >= 4 is 57.1 Å². The molecule has 3 heterocycles. The molecule has 0 saturated heterocycles. The number of hydrogen-bond donors (Lipinski definition) is 1. The van der Waals surface area contributed by atoms with Crippen LogP contribution in [0.4, 0.5) is 5.69 Å². The Hall–Kier alpha value is -4.02. The Kier molecular flexibility index (Phi) is 5.60. The number of carbonyl (C=O) groups excluding carboxylic acids is 1. The van der Waals surface area contributed by atoms with E-state index in [0.29, 0.717) is 38.7 Å². The van der Waals surface area contributed by atoms with Crippen LogP contribution >= 0.6 is 23.4 Å². The zero-order valence-corrected chi connectivity index (χ0v) is 18.8. The van der Waals surface area contributed by atoms with Gasteiger partial charge in [-0.15, -0.1) is 0 Å². The third-order valence-electron chi connectivity index (χ3n) is 5.04. The van der Waals surface area contributed by atoms with Crippen LogP contribution in [0.1, 0.15) is 11.3 Å². The first-order valence-corrected chi connectivity index (χ1v) is 11.1. The Bertz CT molecular complexity index is 1420. The molecule has 0 bridgehead atoms. The number of aliphatic imine (C=N–C) groups is 1. The minimum Gasteiger partial charge on any atom is -0.457 e. The Morgan fingerprint density at radius 3 is 2.56 bits per heavy atom. The first-order valence-electron chi connectivity index (χ1n) is 9.95. The number of nitro groups is 1. The van der Waals surface area contributed by atoms with Crippen LogP contribution in [0, 0.1) is 15.5 Å². The number of benzene rings is 2. The molecule has 0 atom stereocenters. The summed E-state index contributed by atoms with van der Waals surface area (Å²) in [7, 11) is 0. The largest absolute Gasteiger partial charge is 0.457 e. The highest BCUT2D eigenvalue weighted by atomic mass is 35.5. The van der Waals surface area contributed by atoms with Gasteiger partial charge in [0.1, 0.15) is 16.6 Å². The van der Waals surface area contributed by atoms with E-state index in [1.165, 1.54) is 35.0 Å². The number of thioether (sulfide) groups is 1. The number of hydrogen-bond acceptors (Lipinski definition) is 7. The number of amidine groups is 2. The molecule has 2 aromatic carbocycles. The Morgan fingerprint density at radius 2 is 1.85 bits per heavy atom. The maximum absolute atomic E-state index is 12.6. The quantitative estimate of drug-likeness (QED) is 0.290. The number of rotatable bonds is 5. The van der Waals surface area contributed by atoms with Crippen LogP contribution in [0.25, 0.3) is 17.4 Å². The molecule has 2 aliphatic rings. The molecule has 168 valence electrons. The Morgan fingerprint density at radius 1 is 1.12 bits per heavy atom. The number of halogens is 1. The second-order valence-electron chi connectivity index (χ2n) is 7.32. The highest BCUT2D eigenvalue weighted by Gasteiger charge is 2.35. The minimum atomic E-state index is -0.556. The summed E-state index contributed by atoms with van der Waals surface area (Å²) in [5.74, 6) is 0.167. The van der Waals surface area contributed by atoms with Gasteiger partial charge >= 0.3 is 0 Å². The number of nitrogens with zero attached hydrogens (tertiary/aromatic N) is 4. The SMILES string of the molecule is N=C1C(=Cc2ccc(-c3ccc([N+](=O)[O-])cc3)o2)C(=O)N=C2SC(Cc3ccc(Cl)cc3)=NN12. The van der Waals surface area contributed by atoms with Crippen molar-refractivity contribution in [3.63, 3.8) is 0 Å². The molecule has 0 spiro atoms. The van der Waals surface area contributed by atoms with Gasteiger partial charge in [-0.05, 0) is 59.8 Å². The van der Waals surface area contributed by atoms with E-state index in [-0.39, 0.29) is 17.1 Å². The van der Waals surface area contributed by atoms with Gasteiger partial charge in [-0.3, -0.25) is 20.3 Å². The van der Waals surface area contributed by atoms with Crippen LogP contribution in [0.5, 0.6) is 0 Å². The molecular formula is C23H14ClN5O4S. The third-order valence-corrected chi connectivity index (χ3v) is 6.20. The van der Waals surface area contributed by atoms with Crippen LogP contribution in [0.3, 0.4) is 0 Å². The van der Waals surface area contributed by atoms with Crippen molar-refractivity contribution in [1.29, 1.82) is 5.41 Å². The number of carbonyl (C=O) groups is 1. The van der Waals surface area contributed by atoms with Gasteiger partial charge < -0.3 is 4.42 Å². The van der Waals surface area contributed by atoms with E-state index in [1.54, 1.807) is 36.4 Å². The van der Waals surface area contributed by atoms with Gasteiger partial charge in [0.15, 0.2) is 5.84 Å². The number of nitro benzene ring substituents is 1. The van der Waals surface area contributed by atoms with E-state index >= 15 is 0 Å². The van der Waals surface area contributed by atoms with Crippen molar-refractivity contribution in [3.05, 3.63) is 92.7 Å². The molecule has 0 radical (unpaired) electrons. The van der Waals surface area contributed by atoms with E-state index in [4.69, 9.17) is 21.4 Å². The molecule has 34 heavy (non-hydrogen) atoms. The molecule has 11 heteroatoms. The van der Waals surface area contributed by atoms with E-state index in [1.807, 2.05) is 12.1 Å². The summed E-state index contributed by atoms with van der Waals surface area (Å²) in [5, 5.41) is 26.8. The summed E-state index contributed by atoms with van der Waals surface area (Å²) in [6.45, 7) is 0. The molecule has 1 N–H and O–H groups in total. The molecule has 1 amide bonds. The van der Waals surface area contributed by atoms with Crippen molar-refractivity contribution in [1.82, 2.24) is 5.01 Å². The van der Waals surface area contributed by atoms with Crippen molar-refractivity contribution in [2.24, 2.45) is 10.1 Å². The molecule has 3 aromatic rings. The van der Waals surface area contributed by atoms with E-state index < -0.39 is 10.8 Å². The molecule has 1 aromatic heterocycles. The monoisotopic (exact) mass is 491 g/mol. The number of fused-ring (bicyclic) bond motifs is 1. The summed E-state index contributed by atoms with van der Waals surface area (Å²) >= 11 is 7.18. The Labute approximate surface area is 202 Å². The smallest absolute Gasteiger partial charge is 0.283 e. The number of nitrogens with one attached hydrogen (secondary N) is 1.